The maximum absolute atomic E-state index is 7.83. The predicted molar refractivity (Wildman–Crippen MR) is 120 cm³/mol. The van der Waals surface area contributed by atoms with Crippen molar-refractivity contribution in [2.45, 2.75) is 75.9 Å². The Morgan fingerprint density at radius 3 is 2.43 bits per heavy atom. The molecule has 1 aromatic rings. The average molecular weight is 422 g/mol. The van der Waals surface area contributed by atoms with Gasteiger partial charge in [0.2, 0.25) is 8.32 Å². The Morgan fingerprint density at radius 1 is 1.18 bits per heavy atom. The molecule has 0 heterocycles. The number of methoxy groups -OCH3 is 1. The Hall–Kier alpha value is -0.933. The summed E-state index contributed by atoms with van der Waals surface area (Å²) in [5.74, 6) is 2.60. The van der Waals surface area contributed by atoms with Crippen LogP contribution in [0, 0.1) is 17.8 Å². The van der Waals surface area contributed by atoms with Gasteiger partial charge in [0.05, 0.1) is 11.2 Å². The summed E-state index contributed by atoms with van der Waals surface area (Å²) in [6, 6.07) is 7.83. The lowest BCUT2D eigenvalue weighted by molar-refractivity contribution is 0.0843. The minimum atomic E-state index is -2.49. The smallest absolute Gasteiger partial charge is 0.250 e. The summed E-state index contributed by atoms with van der Waals surface area (Å²) in [6.45, 7) is 11.1. The van der Waals surface area contributed by atoms with E-state index in [0.717, 1.165) is 43.4 Å². The Morgan fingerprint density at radius 2 is 1.86 bits per heavy atom. The zero-order valence-electron chi connectivity index (χ0n) is 20.8. The van der Waals surface area contributed by atoms with Crippen LogP contribution in [0.4, 0.5) is 0 Å². The molecule has 4 heteroatoms. The molecule has 4 fully saturated rings. The maximum atomic E-state index is 7.83. The lowest BCUT2D eigenvalue weighted by Crippen LogP contribution is -2.48. The minimum Gasteiger partial charge on any atom is -0.543 e. The third-order valence-electron chi connectivity index (χ3n) is 7.63. The van der Waals surface area contributed by atoms with E-state index >= 15 is 0 Å². The number of alkyl halides is 1. The number of allylic oxidation sites excluding steroid dienone is 1. The van der Waals surface area contributed by atoms with Gasteiger partial charge in [-0.1, -0.05) is 32.9 Å². The van der Waals surface area contributed by atoms with Gasteiger partial charge in [-0.05, 0) is 85.7 Å². The van der Waals surface area contributed by atoms with Crippen molar-refractivity contribution in [2.24, 2.45) is 17.8 Å². The highest BCUT2D eigenvalue weighted by molar-refractivity contribution is 6.74. The molecule has 28 heavy (non-hydrogen) atoms. The van der Waals surface area contributed by atoms with Crippen molar-refractivity contribution in [3.8, 4) is 5.75 Å². The van der Waals surface area contributed by atoms with Gasteiger partial charge in [0, 0.05) is 10.4 Å². The number of benzene rings is 1. The summed E-state index contributed by atoms with van der Waals surface area (Å²) in [7, 11) is -4.51. The summed E-state index contributed by atoms with van der Waals surface area (Å²) in [6.07, 6.45) is 5.12. The van der Waals surface area contributed by atoms with E-state index in [1.165, 1.54) is 5.57 Å². The summed E-state index contributed by atoms with van der Waals surface area (Å²) >= 11 is 6.93. The van der Waals surface area contributed by atoms with E-state index in [-0.39, 0.29) is 9.91 Å². The number of hydrogen-bond acceptors (Lipinski definition) is 2. The fourth-order valence-corrected chi connectivity index (χ4v) is 7.11. The van der Waals surface area contributed by atoms with Crippen LogP contribution in [-0.4, -0.2) is 20.2 Å². The maximum Gasteiger partial charge on any atom is 0.250 e. The molecule has 2 unspecified atom stereocenters. The molecule has 0 N–H and O–H groups in total. The van der Waals surface area contributed by atoms with Crippen LogP contribution >= 0.6 is 11.6 Å². The van der Waals surface area contributed by atoms with Crippen LogP contribution in [-0.2, 0) is 4.74 Å². The van der Waals surface area contributed by atoms with Crippen molar-refractivity contribution in [2.75, 3.05) is 7.04 Å². The van der Waals surface area contributed by atoms with E-state index in [1.807, 2.05) is 24.3 Å². The zero-order valence-corrected chi connectivity index (χ0v) is 19.5. The van der Waals surface area contributed by atoms with Gasteiger partial charge in [0.25, 0.3) is 0 Å². The second-order valence-corrected chi connectivity index (χ2v) is 16.3. The lowest BCUT2D eigenvalue weighted by Gasteiger charge is -2.55. The number of halogens is 1. The molecule has 0 aliphatic heterocycles. The number of hydrogen-bond donors (Lipinski definition) is 0. The molecule has 0 radical (unpaired) electrons. The normalized spacial score (nSPS) is 33.9. The van der Waals surface area contributed by atoms with Gasteiger partial charge in [0.1, 0.15) is 11.5 Å². The van der Waals surface area contributed by atoms with Crippen LogP contribution in [0.25, 0.3) is 5.76 Å². The summed E-state index contributed by atoms with van der Waals surface area (Å²) in [5, 5.41) is 0.0789. The van der Waals surface area contributed by atoms with Crippen molar-refractivity contribution in [3.63, 3.8) is 0 Å². The van der Waals surface area contributed by atoms with Gasteiger partial charge in [-0.25, -0.2) is 0 Å². The van der Waals surface area contributed by atoms with Crippen LogP contribution in [0.15, 0.2) is 29.8 Å². The highest BCUT2D eigenvalue weighted by Crippen LogP contribution is 2.61. The van der Waals surface area contributed by atoms with Crippen LogP contribution in [0.5, 0.6) is 5.75 Å². The molecule has 0 spiro atoms. The summed E-state index contributed by atoms with van der Waals surface area (Å²) < 4.78 is 35.7. The van der Waals surface area contributed by atoms with E-state index in [2.05, 4.69) is 33.9 Å². The molecule has 4 saturated carbocycles. The molecule has 0 amide bonds. The first-order valence-electron chi connectivity index (χ1n) is 12.1. The number of rotatable bonds is 4. The van der Waals surface area contributed by atoms with Gasteiger partial charge in [-0.2, -0.15) is 0 Å². The second-order valence-electron chi connectivity index (χ2n) is 10.8. The van der Waals surface area contributed by atoms with Crippen LogP contribution in [0.2, 0.25) is 18.1 Å². The average Bonchev–Trinajstić information content (AvgIpc) is 2.56. The van der Waals surface area contributed by atoms with Crippen molar-refractivity contribution in [3.05, 3.63) is 35.4 Å². The zero-order chi connectivity index (χ0) is 22.8. The molecule has 4 aliphatic carbocycles. The fraction of sp³-hybridized carbons (Fsp3) is 0.667. The van der Waals surface area contributed by atoms with Gasteiger partial charge >= 0.3 is 0 Å². The van der Waals surface area contributed by atoms with Crippen molar-refractivity contribution in [1.82, 2.24) is 0 Å². The first-order chi connectivity index (χ1) is 14.2. The third kappa shape index (κ3) is 3.54. The second kappa shape index (κ2) is 6.80. The largest absolute Gasteiger partial charge is 0.543 e. The Kier molecular flexibility index (Phi) is 4.09. The molecule has 154 valence electrons. The van der Waals surface area contributed by atoms with E-state index in [4.69, 9.17) is 24.9 Å². The highest BCUT2D eigenvalue weighted by Gasteiger charge is 2.53. The summed E-state index contributed by atoms with van der Waals surface area (Å²) in [5.41, 5.74) is 1.98. The quantitative estimate of drug-likeness (QED) is 0.289. The third-order valence-corrected chi connectivity index (χ3v) is 12.5. The molecule has 4 bridgehead atoms. The molecule has 1 aromatic carbocycles. The van der Waals surface area contributed by atoms with Crippen LogP contribution in [0.3, 0.4) is 0 Å². The Labute approximate surface area is 181 Å². The van der Waals surface area contributed by atoms with Crippen LogP contribution < -0.4 is 4.43 Å². The molecule has 4 aliphatic rings. The van der Waals surface area contributed by atoms with E-state index in [0.29, 0.717) is 23.5 Å². The first-order valence-corrected chi connectivity index (χ1v) is 13.9. The van der Waals surface area contributed by atoms with Gasteiger partial charge in [-0.3, -0.25) is 0 Å². The molecule has 0 aromatic heterocycles. The molecule has 2 nitrogen and oxygen atoms in total. The van der Waals surface area contributed by atoms with Crippen LogP contribution in [0.1, 0.15) is 62.6 Å². The Balaban J connectivity index is 1.74. The monoisotopic (exact) mass is 421 g/mol. The lowest BCUT2D eigenvalue weighted by atomic mass is 9.53. The van der Waals surface area contributed by atoms with Gasteiger partial charge < -0.3 is 9.16 Å². The molecule has 2 atom stereocenters. The van der Waals surface area contributed by atoms with Crippen molar-refractivity contribution >= 4 is 25.7 Å². The standard InChI is InChI=1S/C24H35ClO2Si/c1-23(2,3)28(5,6)27-20-9-7-8-17(12-20)22(26-4)21-18-10-16-11-19(21)15-24(25,13-16)14-18/h7-9,12,16,18-19H,10-11,13-15H2,1-6H3/i4D3. The molecular formula is C24H35ClO2Si. The topological polar surface area (TPSA) is 18.5 Å². The summed E-state index contributed by atoms with van der Waals surface area (Å²) in [4.78, 5) is -0.113. The van der Waals surface area contributed by atoms with E-state index in [9.17, 15) is 0 Å². The highest BCUT2D eigenvalue weighted by atomic mass is 35.5. The molecule has 0 saturated heterocycles. The molecular weight excluding hydrogens is 384 g/mol. The first kappa shape index (κ1) is 16.8. The Bertz CT molecular complexity index is 870. The van der Waals surface area contributed by atoms with Crippen molar-refractivity contribution < 1.29 is 13.3 Å². The predicted octanol–water partition coefficient (Wildman–Crippen LogP) is 7.25. The van der Waals surface area contributed by atoms with E-state index in [1.54, 1.807) is 0 Å². The number of ether oxygens (including phenoxy) is 1. The van der Waals surface area contributed by atoms with Gasteiger partial charge in [0.15, 0.2) is 0 Å². The van der Waals surface area contributed by atoms with Gasteiger partial charge in [-0.15, -0.1) is 11.6 Å². The van der Waals surface area contributed by atoms with E-state index < -0.39 is 15.4 Å². The fourth-order valence-electron chi connectivity index (χ4n) is 5.50. The van der Waals surface area contributed by atoms with Crippen molar-refractivity contribution in [1.29, 1.82) is 0 Å². The minimum absolute atomic E-state index is 0.0789. The SMILES string of the molecule is [2H]C([2H])([2H])OC(=C1C2CC3CC1CC(Cl)(C3)C2)c1cccc(O[Si](C)(C)C(C)(C)C)c1. The molecule has 5 rings (SSSR count).